The maximum absolute atomic E-state index is 13.5. The first-order chi connectivity index (χ1) is 13.5. The van der Waals surface area contributed by atoms with Crippen molar-refractivity contribution in [2.45, 2.75) is 30.9 Å². The van der Waals surface area contributed by atoms with Crippen LogP contribution in [0.1, 0.15) is 16.7 Å². The molecule has 0 radical (unpaired) electrons. The number of aryl methyl sites for hydroxylation is 1. The van der Waals surface area contributed by atoms with Gasteiger partial charge in [0.1, 0.15) is 5.82 Å². The van der Waals surface area contributed by atoms with Gasteiger partial charge in [0.2, 0.25) is 5.13 Å². The molecule has 0 aliphatic carbocycles. The SMILES string of the molecule is Cc1cccc(Nc2nnc(SCC(O)COCc3ccccc3F)s2)c1C. The molecule has 3 rings (SSSR count). The zero-order chi connectivity index (χ0) is 19.9. The van der Waals surface area contributed by atoms with Crippen LogP contribution in [0.3, 0.4) is 0 Å². The van der Waals surface area contributed by atoms with E-state index in [1.807, 2.05) is 12.1 Å². The van der Waals surface area contributed by atoms with E-state index in [9.17, 15) is 9.50 Å². The normalized spacial score (nSPS) is 12.1. The van der Waals surface area contributed by atoms with Crippen LogP contribution in [0.25, 0.3) is 0 Å². The first-order valence-corrected chi connectivity index (χ1v) is 10.6. The topological polar surface area (TPSA) is 67.3 Å². The molecule has 0 saturated carbocycles. The van der Waals surface area contributed by atoms with Crippen LogP contribution in [0.2, 0.25) is 0 Å². The molecule has 2 aromatic carbocycles. The Morgan fingerprint density at radius 1 is 1.18 bits per heavy atom. The molecule has 0 saturated heterocycles. The van der Waals surface area contributed by atoms with Gasteiger partial charge in [-0.1, -0.05) is 53.4 Å². The molecule has 0 fully saturated rings. The summed E-state index contributed by atoms with van der Waals surface area (Å²) >= 11 is 2.85. The van der Waals surface area contributed by atoms with E-state index < -0.39 is 6.10 Å². The van der Waals surface area contributed by atoms with E-state index in [4.69, 9.17) is 4.74 Å². The fraction of sp³-hybridized carbons (Fsp3) is 0.300. The van der Waals surface area contributed by atoms with Crippen LogP contribution < -0.4 is 5.32 Å². The average Bonchev–Trinajstić information content (AvgIpc) is 3.13. The lowest BCUT2D eigenvalue weighted by molar-refractivity contribution is 0.0387. The highest BCUT2D eigenvalue weighted by molar-refractivity contribution is 8.01. The number of anilines is 2. The number of rotatable bonds is 9. The second-order valence-corrected chi connectivity index (χ2v) is 8.56. The average molecular weight is 420 g/mol. The molecular weight excluding hydrogens is 397 g/mol. The summed E-state index contributed by atoms with van der Waals surface area (Å²) in [6.07, 6.45) is -0.670. The van der Waals surface area contributed by atoms with Crippen LogP contribution in [0.5, 0.6) is 0 Å². The van der Waals surface area contributed by atoms with Crippen LogP contribution in [-0.4, -0.2) is 33.8 Å². The molecule has 28 heavy (non-hydrogen) atoms. The lowest BCUT2D eigenvalue weighted by Crippen LogP contribution is -2.18. The van der Waals surface area contributed by atoms with Gasteiger partial charge in [0.25, 0.3) is 0 Å². The number of nitrogens with one attached hydrogen (secondary N) is 1. The van der Waals surface area contributed by atoms with Crippen molar-refractivity contribution in [2.24, 2.45) is 0 Å². The first-order valence-electron chi connectivity index (χ1n) is 8.81. The van der Waals surface area contributed by atoms with Gasteiger partial charge in [0, 0.05) is 17.0 Å². The number of thioether (sulfide) groups is 1. The van der Waals surface area contributed by atoms with Crippen molar-refractivity contribution in [3.63, 3.8) is 0 Å². The Morgan fingerprint density at radius 2 is 2.00 bits per heavy atom. The van der Waals surface area contributed by atoms with E-state index in [1.54, 1.807) is 18.2 Å². The minimum absolute atomic E-state index is 0.133. The highest BCUT2D eigenvalue weighted by Gasteiger charge is 2.11. The van der Waals surface area contributed by atoms with Crippen LogP contribution in [-0.2, 0) is 11.3 Å². The van der Waals surface area contributed by atoms with Crippen LogP contribution >= 0.6 is 23.1 Å². The Kier molecular flexibility index (Phi) is 7.38. The second-order valence-electron chi connectivity index (χ2n) is 6.32. The Balaban J connectivity index is 1.43. The van der Waals surface area contributed by atoms with Crippen LogP contribution in [0.4, 0.5) is 15.2 Å². The van der Waals surface area contributed by atoms with Crippen molar-refractivity contribution in [3.05, 3.63) is 65.0 Å². The first kappa shape index (κ1) is 20.7. The van der Waals surface area contributed by atoms with E-state index in [0.29, 0.717) is 16.4 Å². The molecule has 148 valence electrons. The molecule has 1 heterocycles. The van der Waals surface area contributed by atoms with Crippen LogP contribution in [0, 0.1) is 19.7 Å². The highest BCUT2D eigenvalue weighted by atomic mass is 32.2. The zero-order valence-electron chi connectivity index (χ0n) is 15.7. The summed E-state index contributed by atoms with van der Waals surface area (Å²) in [4.78, 5) is 0. The highest BCUT2D eigenvalue weighted by Crippen LogP contribution is 2.29. The fourth-order valence-electron chi connectivity index (χ4n) is 2.46. The summed E-state index contributed by atoms with van der Waals surface area (Å²) in [5.74, 6) is 0.124. The van der Waals surface area contributed by atoms with E-state index >= 15 is 0 Å². The summed E-state index contributed by atoms with van der Waals surface area (Å²) < 4.78 is 19.7. The summed E-state index contributed by atoms with van der Waals surface area (Å²) in [5, 5.41) is 22.4. The van der Waals surface area contributed by atoms with E-state index in [-0.39, 0.29) is 19.0 Å². The number of hydrogen-bond donors (Lipinski definition) is 2. The minimum Gasteiger partial charge on any atom is -0.390 e. The van der Waals surface area contributed by atoms with Gasteiger partial charge in [-0.05, 0) is 37.1 Å². The molecular formula is C20H22FN3O2S2. The quantitative estimate of drug-likeness (QED) is 0.490. The maximum Gasteiger partial charge on any atom is 0.210 e. The van der Waals surface area contributed by atoms with E-state index in [0.717, 1.165) is 10.0 Å². The smallest absolute Gasteiger partial charge is 0.210 e. The number of nitrogens with zero attached hydrogens (tertiary/aromatic N) is 2. The molecule has 2 N–H and O–H groups in total. The number of aliphatic hydroxyl groups excluding tert-OH is 1. The van der Waals surface area contributed by atoms with Crippen molar-refractivity contribution >= 4 is 33.9 Å². The number of ether oxygens (including phenoxy) is 1. The van der Waals surface area contributed by atoms with Crippen LogP contribution in [0.15, 0.2) is 46.8 Å². The molecule has 5 nitrogen and oxygen atoms in total. The minimum atomic E-state index is -0.670. The lowest BCUT2D eigenvalue weighted by atomic mass is 10.1. The summed E-state index contributed by atoms with van der Waals surface area (Å²) in [5.41, 5.74) is 3.87. The number of hydrogen-bond acceptors (Lipinski definition) is 7. The molecule has 0 bridgehead atoms. The Morgan fingerprint density at radius 3 is 2.82 bits per heavy atom. The number of aromatic nitrogens is 2. The predicted octanol–water partition coefficient (Wildman–Crippen LogP) is 4.71. The number of aliphatic hydroxyl groups is 1. The van der Waals surface area contributed by atoms with Crippen molar-refractivity contribution in [3.8, 4) is 0 Å². The van der Waals surface area contributed by atoms with Crippen molar-refractivity contribution in [1.82, 2.24) is 10.2 Å². The van der Waals surface area contributed by atoms with Crippen molar-refractivity contribution < 1.29 is 14.2 Å². The molecule has 0 aliphatic rings. The standard InChI is InChI=1S/C20H22FN3O2S2/c1-13-6-5-9-18(14(13)2)22-19-23-24-20(28-19)27-12-16(25)11-26-10-15-7-3-4-8-17(15)21/h3-9,16,25H,10-12H2,1-2H3,(H,22,23). The monoisotopic (exact) mass is 419 g/mol. The number of benzene rings is 2. The lowest BCUT2D eigenvalue weighted by Gasteiger charge is -2.10. The molecule has 0 aliphatic heterocycles. The molecule has 3 aromatic rings. The third-order valence-corrected chi connectivity index (χ3v) is 6.29. The number of halogens is 1. The Bertz CT molecular complexity index is 920. The third-order valence-electron chi connectivity index (χ3n) is 4.18. The van der Waals surface area contributed by atoms with Gasteiger partial charge in [0.05, 0.1) is 19.3 Å². The maximum atomic E-state index is 13.5. The third kappa shape index (κ3) is 5.75. The fourth-order valence-corrected chi connectivity index (χ4v) is 4.15. The summed E-state index contributed by atoms with van der Waals surface area (Å²) in [7, 11) is 0. The van der Waals surface area contributed by atoms with E-state index in [2.05, 4.69) is 35.4 Å². The van der Waals surface area contributed by atoms with Gasteiger partial charge in [-0.25, -0.2) is 4.39 Å². The van der Waals surface area contributed by atoms with Gasteiger partial charge in [0.15, 0.2) is 4.34 Å². The summed E-state index contributed by atoms with van der Waals surface area (Å²) in [6.45, 7) is 4.40. The molecule has 0 spiro atoms. The second kappa shape index (κ2) is 9.97. The Labute approximate surface area is 172 Å². The molecule has 0 amide bonds. The van der Waals surface area contributed by atoms with Gasteiger partial charge in [-0.3, -0.25) is 0 Å². The van der Waals surface area contributed by atoms with E-state index in [1.165, 1.54) is 40.3 Å². The van der Waals surface area contributed by atoms with Gasteiger partial charge < -0.3 is 15.2 Å². The molecule has 1 atom stereocenters. The van der Waals surface area contributed by atoms with Crippen molar-refractivity contribution in [1.29, 1.82) is 0 Å². The van der Waals surface area contributed by atoms with Gasteiger partial charge in [-0.15, -0.1) is 10.2 Å². The predicted molar refractivity (Wildman–Crippen MR) is 112 cm³/mol. The van der Waals surface area contributed by atoms with Gasteiger partial charge in [-0.2, -0.15) is 0 Å². The molecule has 8 heteroatoms. The molecule has 1 unspecified atom stereocenters. The van der Waals surface area contributed by atoms with Gasteiger partial charge >= 0.3 is 0 Å². The molecule has 1 aromatic heterocycles. The van der Waals surface area contributed by atoms with Crippen molar-refractivity contribution in [2.75, 3.05) is 17.7 Å². The summed E-state index contributed by atoms with van der Waals surface area (Å²) in [6, 6.07) is 12.5. The zero-order valence-corrected chi connectivity index (χ0v) is 17.3. The Hall–Kier alpha value is -2.00. The largest absolute Gasteiger partial charge is 0.390 e.